The molecule has 0 fully saturated rings. The van der Waals surface area contributed by atoms with Crippen LogP contribution in [0.3, 0.4) is 0 Å². The molecule has 0 heterocycles. The van der Waals surface area contributed by atoms with Crippen molar-refractivity contribution in [2.75, 3.05) is 13.7 Å². The van der Waals surface area contributed by atoms with E-state index in [0.29, 0.717) is 6.54 Å². The van der Waals surface area contributed by atoms with Crippen molar-refractivity contribution in [1.82, 2.24) is 0 Å². The summed E-state index contributed by atoms with van der Waals surface area (Å²) in [6.07, 6.45) is 1.87. The molecule has 2 nitrogen and oxygen atoms in total. The maximum Gasteiger partial charge on any atom is 0.118 e. The fourth-order valence-electron chi connectivity index (χ4n) is 1.30. The Morgan fingerprint density at radius 2 is 2.07 bits per heavy atom. The molecular formula is C12H16ClNO. The topological polar surface area (TPSA) is 35.2 Å². The van der Waals surface area contributed by atoms with Gasteiger partial charge < -0.3 is 10.5 Å². The summed E-state index contributed by atoms with van der Waals surface area (Å²) in [5.41, 5.74) is 9.43. The summed E-state index contributed by atoms with van der Waals surface area (Å²) in [4.78, 5) is 0. The summed E-state index contributed by atoms with van der Waals surface area (Å²) in [6, 6.07) is 8.03. The summed E-state index contributed by atoms with van der Waals surface area (Å²) in [6.45, 7) is 0.527. The standard InChI is InChI=1S/C12H16ClNO/c1-15-12-6-4-10(5-7-12)2-3-11(8-13)9-14/h4-8H,2-3,9,14H2,1H3/b11-8-. The first kappa shape index (κ1) is 12.1. The Labute approximate surface area is 95.7 Å². The highest BCUT2D eigenvalue weighted by Gasteiger charge is 1.97. The third-order valence-electron chi connectivity index (χ3n) is 2.31. The van der Waals surface area contributed by atoms with Crippen molar-refractivity contribution in [3.05, 3.63) is 40.9 Å². The third kappa shape index (κ3) is 3.94. The van der Waals surface area contributed by atoms with Crippen LogP contribution in [-0.4, -0.2) is 13.7 Å². The van der Waals surface area contributed by atoms with E-state index in [-0.39, 0.29) is 0 Å². The van der Waals surface area contributed by atoms with Gasteiger partial charge in [-0.2, -0.15) is 0 Å². The van der Waals surface area contributed by atoms with E-state index < -0.39 is 0 Å². The van der Waals surface area contributed by atoms with E-state index in [1.54, 1.807) is 12.6 Å². The molecule has 0 aliphatic carbocycles. The summed E-state index contributed by atoms with van der Waals surface area (Å²) in [7, 11) is 1.66. The van der Waals surface area contributed by atoms with Crippen LogP contribution in [0, 0.1) is 0 Å². The highest BCUT2D eigenvalue weighted by Crippen LogP contribution is 2.14. The zero-order chi connectivity index (χ0) is 11.1. The maximum absolute atomic E-state index is 5.62. The van der Waals surface area contributed by atoms with Crippen LogP contribution in [0.5, 0.6) is 5.75 Å². The van der Waals surface area contributed by atoms with Crippen molar-refractivity contribution in [2.45, 2.75) is 12.8 Å². The fourth-order valence-corrected chi connectivity index (χ4v) is 1.50. The molecule has 0 aliphatic heterocycles. The molecule has 0 atom stereocenters. The van der Waals surface area contributed by atoms with Gasteiger partial charge in [-0.3, -0.25) is 0 Å². The van der Waals surface area contributed by atoms with Gasteiger partial charge in [0.1, 0.15) is 5.75 Å². The average Bonchev–Trinajstić information content (AvgIpc) is 2.31. The zero-order valence-corrected chi connectivity index (χ0v) is 9.63. The molecule has 1 aromatic rings. The number of ether oxygens (including phenoxy) is 1. The number of methoxy groups -OCH3 is 1. The second-order valence-electron chi connectivity index (χ2n) is 3.32. The molecule has 0 saturated heterocycles. The van der Waals surface area contributed by atoms with Crippen LogP contribution < -0.4 is 10.5 Å². The number of aryl methyl sites for hydroxylation is 1. The number of benzene rings is 1. The Kier molecular flexibility index (Phi) is 5.22. The molecule has 0 unspecified atom stereocenters. The van der Waals surface area contributed by atoms with E-state index in [4.69, 9.17) is 22.1 Å². The molecule has 0 radical (unpaired) electrons. The summed E-state index contributed by atoms with van der Waals surface area (Å²) >= 11 is 5.62. The van der Waals surface area contributed by atoms with Gasteiger partial charge in [0.2, 0.25) is 0 Å². The first-order valence-electron chi connectivity index (χ1n) is 4.91. The number of halogens is 1. The molecule has 0 bridgehead atoms. The second kappa shape index (κ2) is 6.49. The van der Waals surface area contributed by atoms with Gasteiger partial charge in [-0.15, -0.1) is 0 Å². The SMILES string of the molecule is COc1ccc(CC/C(=C/Cl)CN)cc1. The first-order chi connectivity index (χ1) is 7.30. The Morgan fingerprint density at radius 1 is 1.40 bits per heavy atom. The number of nitrogens with two attached hydrogens (primary N) is 1. The minimum absolute atomic E-state index is 0.527. The molecule has 0 saturated carbocycles. The smallest absolute Gasteiger partial charge is 0.118 e. The molecule has 1 aromatic carbocycles. The van der Waals surface area contributed by atoms with Crippen molar-refractivity contribution in [3.8, 4) is 5.75 Å². The third-order valence-corrected chi connectivity index (χ3v) is 2.62. The Morgan fingerprint density at radius 3 is 2.53 bits per heavy atom. The van der Waals surface area contributed by atoms with Crippen LogP contribution >= 0.6 is 11.6 Å². The lowest BCUT2D eigenvalue weighted by Crippen LogP contribution is -2.03. The molecule has 3 heteroatoms. The normalized spacial score (nSPS) is 11.5. The average molecular weight is 226 g/mol. The van der Waals surface area contributed by atoms with Crippen molar-refractivity contribution in [3.63, 3.8) is 0 Å². The Balaban J connectivity index is 2.51. The Hall–Kier alpha value is -0.990. The van der Waals surface area contributed by atoms with Crippen LogP contribution in [0.15, 0.2) is 35.4 Å². The molecule has 1 rings (SSSR count). The van der Waals surface area contributed by atoms with Gasteiger partial charge >= 0.3 is 0 Å². The quantitative estimate of drug-likeness (QED) is 0.837. The summed E-state index contributed by atoms with van der Waals surface area (Å²) in [5.74, 6) is 0.880. The van der Waals surface area contributed by atoms with Crippen molar-refractivity contribution in [2.24, 2.45) is 5.73 Å². The van der Waals surface area contributed by atoms with Gasteiger partial charge in [0.05, 0.1) is 7.11 Å². The van der Waals surface area contributed by atoms with E-state index in [2.05, 4.69) is 12.1 Å². The lowest BCUT2D eigenvalue weighted by Gasteiger charge is -2.04. The van der Waals surface area contributed by atoms with E-state index in [1.807, 2.05) is 12.1 Å². The molecule has 2 N–H and O–H groups in total. The number of rotatable bonds is 5. The molecule has 0 amide bonds. The van der Waals surface area contributed by atoms with Gasteiger partial charge in [-0.05, 0) is 36.1 Å². The predicted octanol–water partition coefficient (Wildman–Crippen LogP) is 2.71. The summed E-state index contributed by atoms with van der Waals surface area (Å²) < 4.78 is 5.08. The van der Waals surface area contributed by atoms with Crippen LogP contribution in [0.25, 0.3) is 0 Å². The van der Waals surface area contributed by atoms with Gasteiger partial charge in [-0.25, -0.2) is 0 Å². The highest BCUT2D eigenvalue weighted by atomic mass is 35.5. The molecule has 15 heavy (non-hydrogen) atoms. The van der Waals surface area contributed by atoms with Gasteiger partial charge in [-0.1, -0.05) is 23.7 Å². The number of hydrogen-bond acceptors (Lipinski definition) is 2. The van der Waals surface area contributed by atoms with Crippen LogP contribution in [0.1, 0.15) is 12.0 Å². The minimum Gasteiger partial charge on any atom is -0.497 e. The predicted molar refractivity (Wildman–Crippen MR) is 64.3 cm³/mol. The number of hydrogen-bond donors (Lipinski definition) is 1. The lowest BCUT2D eigenvalue weighted by atomic mass is 10.1. The van der Waals surface area contributed by atoms with E-state index >= 15 is 0 Å². The van der Waals surface area contributed by atoms with Crippen LogP contribution in [0.2, 0.25) is 0 Å². The van der Waals surface area contributed by atoms with Crippen molar-refractivity contribution < 1.29 is 4.74 Å². The Bertz CT molecular complexity index is 319. The van der Waals surface area contributed by atoms with E-state index in [9.17, 15) is 0 Å². The van der Waals surface area contributed by atoms with Crippen molar-refractivity contribution >= 4 is 11.6 Å². The highest BCUT2D eigenvalue weighted by molar-refractivity contribution is 6.25. The largest absolute Gasteiger partial charge is 0.497 e. The van der Waals surface area contributed by atoms with E-state index in [0.717, 1.165) is 24.2 Å². The summed E-state index contributed by atoms with van der Waals surface area (Å²) in [5, 5.41) is 0. The molecule has 0 aliphatic rings. The molecule has 0 aromatic heterocycles. The monoisotopic (exact) mass is 225 g/mol. The fraction of sp³-hybridized carbons (Fsp3) is 0.333. The van der Waals surface area contributed by atoms with E-state index in [1.165, 1.54) is 5.56 Å². The molecule has 0 spiro atoms. The van der Waals surface area contributed by atoms with Crippen LogP contribution in [-0.2, 0) is 6.42 Å². The minimum atomic E-state index is 0.527. The van der Waals surface area contributed by atoms with Crippen molar-refractivity contribution in [1.29, 1.82) is 0 Å². The lowest BCUT2D eigenvalue weighted by molar-refractivity contribution is 0.414. The van der Waals surface area contributed by atoms with Crippen LogP contribution in [0.4, 0.5) is 0 Å². The van der Waals surface area contributed by atoms with Gasteiger partial charge in [0.15, 0.2) is 0 Å². The molecular weight excluding hydrogens is 210 g/mol. The van der Waals surface area contributed by atoms with Gasteiger partial charge in [0, 0.05) is 12.1 Å². The molecule has 82 valence electrons. The first-order valence-corrected chi connectivity index (χ1v) is 5.35. The maximum atomic E-state index is 5.62. The second-order valence-corrected chi connectivity index (χ2v) is 3.54. The zero-order valence-electron chi connectivity index (χ0n) is 8.87. The van der Waals surface area contributed by atoms with Gasteiger partial charge in [0.25, 0.3) is 0 Å².